The molecule has 8 heteroatoms. The molecule has 1 N–H and O–H groups in total. The Balaban J connectivity index is 0.00000312. The number of carbonyl (C=O) groups excluding carboxylic acids is 1. The first-order valence-corrected chi connectivity index (χ1v) is 9.92. The second-order valence-corrected chi connectivity index (χ2v) is 8.02. The number of benzene rings is 1. The molecule has 6 nitrogen and oxygen atoms in total. The Labute approximate surface area is 157 Å². The van der Waals surface area contributed by atoms with Gasteiger partial charge in [0.2, 0.25) is 10.0 Å². The van der Waals surface area contributed by atoms with E-state index in [0.29, 0.717) is 37.7 Å². The van der Waals surface area contributed by atoms with Crippen LogP contribution in [-0.2, 0) is 10.0 Å². The van der Waals surface area contributed by atoms with Crippen LogP contribution in [0.2, 0.25) is 0 Å². The molecule has 1 aliphatic heterocycles. The summed E-state index contributed by atoms with van der Waals surface area (Å²) < 4.78 is 27.0. The Morgan fingerprint density at radius 2 is 1.84 bits per heavy atom. The zero-order valence-electron chi connectivity index (χ0n) is 15.1. The second kappa shape index (κ2) is 9.52. The Morgan fingerprint density at radius 1 is 1.24 bits per heavy atom. The van der Waals surface area contributed by atoms with Gasteiger partial charge in [0.05, 0.1) is 4.90 Å². The van der Waals surface area contributed by atoms with E-state index < -0.39 is 10.0 Å². The van der Waals surface area contributed by atoms with Crippen LogP contribution >= 0.6 is 12.4 Å². The smallest absolute Gasteiger partial charge is 0.253 e. The van der Waals surface area contributed by atoms with E-state index in [-0.39, 0.29) is 23.2 Å². The van der Waals surface area contributed by atoms with Crippen LogP contribution in [0.15, 0.2) is 29.2 Å². The molecule has 1 unspecified atom stereocenters. The molecule has 1 atom stereocenters. The van der Waals surface area contributed by atoms with Crippen molar-refractivity contribution in [2.75, 3.05) is 39.8 Å². The number of carbonyl (C=O) groups is 1. The van der Waals surface area contributed by atoms with E-state index in [1.807, 2.05) is 20.9 Å². The van der Waals surface area contributed by atoms with E-state index in [4.69, 9.17) is 0 Å². The highest BCUT2D eigenvalue weighted by molar-refractivity contribution is 7.89. The molecular formula is C17H28ClN3O3S. The standard InChI is InChI=1S/C17H27N3O3S.ClH/c1-4-19(5-2)17(21)15-6-8-16(9-7-15)24(22,23)20-11-10-14(13-20)12-18-3;/h6-9,14,18H,4-5,10-13H2,1-3H3;1H. The van der Waals surface area contributed by atoms with Crippen molar-refractivity contribution in [3.05, 3.63) is 29.8 Å². The number of nitrogens with zero attached hydrogens (tertiary/aromatic N) is 2. The van der Waals surface area contributed by atoms with Crippen LogP contribution in [0.25, 0.3) is 0 Å². The number of halogens is 1. The first kappa shape index (κ1) is 21.9. The van der Waals surface area contributed by atoms with Crippen molar-refractivity contribution in [1.29, 1.82) is 0 Å². The summed E-state index contributed by atoms with van der Waals surface area (Å²) >= 11 is 0. The topological polar surface area (TPSA) is 69.7 Å². The van der Waals surface area contributed by atoms with Crippen molar-refractivity contribution in [1.82, 2.24) is 14.5 Å². The first-order chi connectivity index (χ1) is 11.4. The number of amides is 1. The van der Waals surface area contributed by atoms with Gasteiger partial charge in [-0.3, -0.25) is 4.79 Å². The fraction of sp³-hybridized carbons (Fsp3) is 0.588. The van der Waals surface area contributed by atoms with Crippen LogP contribution in [0, 0.1) is 5.92 Å². The van der Waals surface area contributed by atoms with Gasteiger partial charge in [-0.2, -0.15) is 4.31 Å². The summed E-state index contributed by atoms with van der Waals surface area (Å²) in [7, 11) is -1.61. The summed E-state index contributed by atoms with van der Waals surface area (Å²) in [6, 6.07) is 6.29. The summed E-state index contributed by atoms with van der Waals surface area (Å²) in [4.78, 5) is 14.3. The van der Waals surface area contributed by atoms with Crippen molar-refractivity contribution < 1.29 is 13.2 Å². The zero-order chi connectivity index (χ0) is 17.7. The highest BCUT2D eigenvalue weighted by Gasteiger charge is 2.32. The monoisotopic (exact) mass is 389 g/mol. The number of nitrogens with one attached hydrogen (secondary N) is 1. The predicted octanol–water partition coefficient (Wildman–Crippen LogP) is 1.82. The van der Waals surface area contributed by atoms with Gasteiger partial charge in [-0.25, -0.2) is 8.42 Å². The third kappa shape index (κ3) is 4.94. The van der Waals surface area contributed by atoms with Gasteiger partial charge in [0.1, 0.15) is 0 Å². The van der Waals surface area contributed by atoms with Crippen LogP contribution in [-0.4, -0.2) is 63.3 Å². The predicted molar refractivity (Wildman–Crippen MR) is 102 cm³/mol. The molecule has 0 spiro atoms. The lowest BCUT2D eigenvalue weighted by molar-refractivity contribution is 0.0773. The van der Waals surface area contributed by atoms with E-state index in [1.54, 1.807) is 17.0 Å². The van der Waals surface area contributed by atoms with E-state index >= 15 is 0 Å². The van der Waals surface area contributed by atoms with Gasteiger partial charge in [0.25, 0.3) is 5.91 Å². The summed E-state index contributed by atoms with van der Waals surface area (Å²) in [5.74, 6) is 0.285. The van der Waals surface area contributed by atoms with Gasteiger partial charge in [-0.15, -0.1) is 12.4 Å². The minimum absolute atomic E-state index is 0. The van der Waals surface area contributed by atoms with E-state index in [1.165, 1.54) is 16.4 Å². The minimum atomic E-state index is -3.48. The molecule has 0 aliphatic carbocycles. The lowest BCUT2D eigenvalue weighted by Crippen LogP contribution is -2.31. The molecule has 25 heavy (non-hydrogen) atoms. The molecule has 1 fully saturated rings. The van der Waals surface area contributed by atoms with Gasteiger partial charge < -0.3 is 10.2 Å². The van der Waals surface area contributed by atoms with Crippen molar-refractivity contribution in [2.24, 2.45) is 5.92 Å². The molecule has 142 valence electrons. The van der Waals surface area contributed by atoms with Crippen LogP contribution in [0.4, 0.5) is 0 Å². The molecule has 0 bridgehead atoms. The largest absolute Gasteiger partial charge is 0.339 e. The summed E-state index contributed by atoms with van der Waals surface area (Å²) in [5, 5.41) is 3.10. The van der Waals surface area contributed by atoms with E-state index in [2.05, 4.69) is 5.32 Å². The fourth-order valence-electron chi connectivity index (χ4n) is 3.08. The van der Waals surface area contributed by atoms with Crippen molar-refractivity contribution in [2.45, 2.75) is 25.2 Å². The minimum Gasteiger partial charge on any atom is -0.339 e. The lowest BCUT2D eigenvalue weighted by Gasteiger charge is -2.19. The molecule has 1 heterocycles. The van der Waals surface area contributed by atoms with E-state index in [9.17, 15) is 13.2 Å². The Kier molecular flexibility index (Phi) is 8.34. The van der Waals surface area contributed by atoms with Gasteiger partial charge in [0, 0.05) is 31.7 Å². The molecule has 2 rings (SSSR count). The number of hydrogen-bond acceptors (Lipinski definition) is 4. The third-order valence-electron chi connectivity index (χ3n) is 4.53. The van der Waals surface area contributed by atoms with Crippen molar-refractivity contribution >= 4 is 28.3 Å². The number of sulfonamides is 1. The maximum absolute atomic E-state index is 12.7. The molecule has 0 saturated carbocycles. The Morgan fingerprint density at radius 3 is 2.36 bits per heavy atom. The summed E-state index contributed by atoms with van der Waals surface area (Å²) in [5.41, 5.74) is 0.520. The second-order valence-electron chi connectivity index (χ2n) is 6.08. The Bertz CT molecular complexity index is 660. The summed E-state index contributed by atoms with van der Waals surface area (Å²) in [6.07, 6.45) is 0.874. The third-order valence-corrected chi connectivity index (χ3v) is 6.41. The average Bonchev–Trinajstić information content (AvgIpc) is 3.06. The van der Waals surface area contributed by atoms with Gasteiger partial charge in [-0.05, 0) is 64.0 Å². The average molecular weight is 390 g/mol. The van der Waals surface area contributed by atoms with Crippen LogP contribution in [0.1, 0.15) is 30.6 Å². The first-order valence-electron chi connectivity index (χ1n) is 8.48. The molecule has 1 aliphatic rings. The lowest BCUT2D eigenvalue weighted by atomic mass is 10.1. The van der Waals surface area contributed by atoms with Gasteiger partial charge in [-0.1, -0.05) is 0 Å². The highest BCUT2D eigenvalue weighted by Crippen LogP contribution is 2.24. The maximum atomic E-state index is 12.7. The molecule has 1 saturated heterocycles. The molecule has 1 amide bonds. The normalized spacial score (nSPS) is 18.0. The number of hydrogen-bond donors (Lipinski definition) is 1. The molecule has 0 aromatic heterocycles. The quantitative estimate of drug-likeness (QED) is 0.772. The van der Waals surface area contributed by atoms with Gasteiger partial charge >= 0.3 is 0 Å². The SMILES string of the molecule is CCN(CC)C(=O)c1ccc(S(=O)(=O)N2CCC(CNC)C2)cc1.Cl. The maximum Gasteiger partial charge on any atom is 0.253 e. The van der Waals surface area contributed by atoms with Crippen molar-refractivity contribution in [3.63, 3.8) is 0 Å². The van der Waals surface area contributed by atoms with Crippen LogP contribution < -0.4 is 5.32 Å². The van der Waals surface area contributed by atoms with Crippen LogP contribution in [0.3, 0.4) is 0 Å². The van der Waals surface area contributed by atoms with Crippen LogP contribution in [0.5, 0.6) is 0 Å². The molecular weight excluding hydrogens is 362 g/mol. The number of rotatable bonds is 7. The molecule has 1 aromatic carbocycles. The zero-order valence-corrected chi connectivity index (χ0v) is 16.7. The van der Waals surface area contributed by atoms with Crippen molar-refractivity contribution in [3.8, 4) is 0 Å². The summed E-state index contributed by atoms with van der Waals surface area (Å²) in [6.45, 7) is 7.04. The van der Waals surface area contributed by atoms with E-state index in [0.717, 1.165) is 13.0 Å². The fourth-order valence-corrected chi connectivity index (χ4v) is 4.61. The molecule has 1 aromatic rings. The van der Waals surface area contributed by atoms with Gasteiger partial charge in [0.15, 0.2) is 0 Å². The molecule has 0 radical (unpaired) electrons. The highest BCUT2D eigenvalue weighted by atomic mass is 35.5. The Hall–Kier alpha value is -1.15.